The summed E-state index contributed by atoms with van der Waals surface area (Å²) in [5.74, 6) is 0.802. The van der Waals surface area contributed by atoms with Crippen molar-refractivity contribution in [1.82, 2.24) is 10.2 Å². The highest BCUT2D eigenvalue weighted by atomic mass is 16.2. The van der Waals surface area contributed by atoms with Gasteiger partial charge in [-0.15, -0.1) is 0 Å². The molecule has 0 aromatic heterocycles. The van der Waals surface area contributed by atoms with Crippen molar-refractivity contribution in [3.05, 3.63) is 35.4 Å². The Bertz CT molecular complexity index is 484. The van der Waals surface area contributed by atoms with Gasteiger partial charge in [-0.3, -0.25) is 10.1 Å². The summed E-state index contributed by atoms with van der Waals surface area (Å²) in [5.41, 5.74) is 2.41. The first kappa shape index (κ1) is 15.0. The van der Waals surface area contributed by atoms with E-state index in [1.54, 1.807) is 0 Å². The molecule has 1 N–H and O–H groups in total. The van der Waals surface area contributed by atoms with Crippen LogP contribution in [0.25, 0.3) is 0 Å². The smallest absolute Gasteiger partial charge is 0.241 e. The molecule has 1 aliphatic heterocycles. The van der Waals surface area contributed by atoms with E-state index in [4.69, 9.17) is 0 Å². The molecule has 3 unspecified atom stereocenters. The van der Waals surface area contributed by atoms with Crippen LogP contribution in [0.1, 0.15) is 51.4 Å². The monoisotopic (exact) mass is 274 g/mol. The van der Waals surface area contributed by atoms with Crippen molar-refractivity contribution in [3.63, 3.8) is 0 Å². The molecule has 0 aliphatic carbocycles. The van der Waals surface area contributed by atoms with E-state index in [1.807, 2.05) is 11.8 Å². The van der Waals surface area contributed by atoms with Crippen LogP contribution in [0.2, 0.25) is 0 Å². The third-order valence-corrected chi connectivity index (χ3v) is 3.96. The van der Waals surface area contributed by atoms with Gasteiger partial charge in [0.05, 0.1) is 6.04 Å². The number of rotatable bonds is 4. The molecule has 20 heavy (non-hydrogen) atoms. The van der Waals surface area contributed by atoms with Crippen molar-refractivity contribution >= 4 is 5.91 Å². The molecule has 110 valence electrons. The highest BCUT2D eigenvalue weighted by Crippen LogP contribution is 2.29. The van der Waals surface area contributed by atoms with Crippen LogP contribution in [0.5, 0.6) is 0 Å². The lowest BCUT2D eigenvalue weighted by Crippen LogP contribution is -2.39. The number of nitrogens with one attached hydrogen (secondary N) is 1. The number of carbonyl (C=O) groups excluding carboxylic acids is 1. The zero-order valence-electron chi connectivity index (χ0n) is 13.2. The Labute approximate surface area is 122 Å². The van der Waals surface area contributed by atoms with Crippen molar-refractivity contribution in [1.29, 1.82) is 0 Å². The Hall–Kier alpha value is -1.35. The average Bonchev–Trinajstić information content (AvgIpc) is 2.65. The molecule has 3 atom stereocenters. The van der Waals surface area contributed by atoms with Crippen LogP contribution in [-0.4, -0.2) is 22.9 Å². The lowest BCUT2D eigenvalue weighted by molar-refractivity contribution is -0.132. The summed E-state index contributed by atoms with van der Waals surface area (Å²) < 4.78 is 0. The van der Waals surface area contributed by atoms with Crippen LogP contribution in [0.15, 0.2) is 24.3 Å². The molecular weight excluding hydrogens is 248 g/mol. The van der Waals surface area contributed by atoms with E-state index in [1.165, 1.54) is 11.1 Å². The summed E-state index contributed by atoms with van der Waals surface area (Å²) in [6.07, 6.45) is 1.04. The second-order valence-corrected chi connectivity index (χ2v) is 6.43. The molecule has 0 saturated carbocycles. The standard InChI is InChI=1S/C17H26N2O/c1-11(2)9-13(4)19-16(18-14(5)17(19)20)15-8-6-7-12(3)10-15/h6-8,10-11,13-14,16,18H,9H2,1-5H3. The first-order chi connectivity index (χ1) is 9.40. The van der Waals surface area contributed by atoms with Gasteiger partial charge in [0.15, 0.2) is 0 Å². The molecule has 0 radical (unpaired) electrons. The van der Waals surface area contributed by atoms with Crippen molar-refractivity contribution in [2.24, 2.45) is 5.92 Å². The third kappa shape index (κ3) is 3.04. The second-order valence-electron chi connectivity index (χ2n) is 6.43. The lowest BCUT2D eigenvalue weighted by Gasteiger charge is -2.31. The van der Waals surface area contributed by atoms with Crippen molar-refractivity contribution < 1.29 is 4.79 Å². The number of aryl methyl sites for hydroxylation is 1. The first-order valence-electron chi connectivity index (χ1n) is 7.55. The summed E-state index contributed by atoms with van der Waals surface area (Å²) in [6.45, 7) is 10.6. The number of amides is 1. The predicted octanol–water partition coefficient (Wildman–Crippen LogP) is 3.25. The van der Waals surface area contributed by atoms with E-state index in [0.717, 1.165) is 6.42 Å². The number of hydrogen-bond acceptors (Lipinski definition) is 2. The van der Waals surface area contributed by atoms with Crippen molar-refractivity contribution in [2.45, 2.75) is 59.3 Å². The van der Waals surface area contributed by atoms with E-state index in [2.05, 4.69) is 57.3 Å². The minimum atomic E-state index is -0.102. The minimum Gasteiger partial charge on any atom is -0.319 e. The van der Waals surface area contributed by atoms with Crippen LogP contribution >= 0.6 is 0 Å². The van der Waals surface area contributed by atoms with Crippen LogP contribution in [-0.2, 0) is 4.79 Å². The van der Waals surface area contributed by atoms with Gasteiger partial charge in [-0.1, -0.05) is 43.7 Å². The third-order valence-electron chi connectivity index (χ3n) is 3.96. The zero-order chi connectivity index (χ0) is 14.9. The lowest BCUT2D eigenvalue weighted by atomic mass is 10.0. The summed E-state index contributed by atoms with van der Waals surface area (Å²) >= 11 is 0. The summed E-state index contributed by atoms with van der Waals surface area (Å²) in [7, 11) is 0. The maximum Gasteiger partial charge on any atom is 0.241 e. The molecule has 1 aliphatic rings. The average molecular weight is 274 g/mol. The highest BCUT2D eigenvalue weighted by molar-refractivity contribution is 5.84. The molecule has 1 aromatic carbocycles. The van der Waals surface area contributed by atoms with E-state index < -0.39 is 0 Å². The first-order valence-corrected chi connectivity index (χ1v) is 7.55. The Morgan fingerprint density at radius 3 is 2.60 bits per heavy atom. The Morgan fingerprint density at radius 1 is 1.30 bits per heavy atom. The Balaban J connectivity index is 2.28. The van der Waals surface area contributed by atoms with E-state index in [0.29, 0.717) is 5.92 Å². The highest BCUT2D eigenvalue weighted by Gasteiger charge is 2.39. The fraction of sp³-hybridized carbons (Fsp3) is 0.588. The summed E-state index contributed by atoms with van der Waals surface area (Å²) in [4.78, 5) is 14.5. The molecule has 3 heteroatoms. The van der Waals surface area contributed by atoms with Crippen LogP contribution in [0.4, 0.5) is 0 Å². The SMILES string of the molecule is Cc1cccc(C2NC(C)C(=O)N2C(C)CC(C)C)c1. The second kappa shape index (κ2) is 5.96. The maximum atomic E-state index is 12.5. The van der Waals surface area contributed by atoms with Gasteiger partial charge in [-0.25, -0.2) is 0 Å². The topological polar surface area (TPSA) is 32.3 Å². The molecule has 3 nitrogen and oxygen atoms in total. The van der Waals surface area contributed by atoms with Gasteiger partial charge in [0.1, 0.15) is 6.17 Å². The van der Waals surface area contributed by atoms with Gasteiger partial charge >= 0.3 is 0 Å². The van der Waals surface area contributed by atoms with E-state index in [9.17, 15) is 4.79 Å². The van der Waals surface area contributed by atoms with Gasteiger partial charge in [-0.2, -0.15) is 0 Å². The van der Waals surface area contributed by atoms with Crippen molar-refractivity contribution in [2.75, 3.05) is 0 Å². The molecule has 0 spiro atoms. The molecule has 2 rings (SSSR count). The molecule has 1 heterocycles. The molecule has 1 saturated heterocycles. The van der Waals surface area contributed by atoms with Crippen molar-refractivity contribution in [3.8, 4) is 0 Å². The largest absolute Gasteiger partial charge is 0.319 e. The van der Waals surface area contributed by atoms with Gasteiger partial charge in [0, 0.05) is 6.04 Å². The zero-order valence-corrected chi connectivity index (χ0v) is 13.2. The molecule has 1 fully saturated rings. The normalized spacial score (nSPS) is 24.5. The molecule has 0 bridgehead atoms. The summed E-state index contributed by atoms with van der Waals surface area (Å²) in [5, 5.41) is 3.43. The minimum absolute atomic E-state index is 0.00569. The van der Waals surface area contributed by atoms with Gasteiger partial charge in [-0.05, 0) is 38.7 Å². The number of carbonyl (C=O) groups is 1. The number of nitrogens with zero attached hydrogens (tertiary/aromatic N) is 1. The van der Waals surface area contributed by atoms with Gasteiger partial charge in [0.25, 0.3) is 0 Å². The molecular formula is C17H26N2O. The maximum absolute atomic E-state index is 12.5. The predicted molar refractivity (Wildman–Crippen MR) is 82.3 cm³/mol. The fourth-order valence-corrected chi connectivity index (χ4v) is 3.10. The van der Waals surface area contributed by atoms with Crippen LogP contribution < -0.4 is 5.32 Å². The molecule has 1 aromatic rings. The number of benzene rings is 1. The van der Waals surface area contributed by atoms with Gasteiger partial charge in [0.2, 0.25) is 5.91 Å². The van der Waals surface area contributed by atoms with Gasteiger partial charge < -0.3 is 4.90 Å². The van der Waals surface area contributed by atoms with Crippen LogP contribution in [0, 0.1) is 12.8 Å². The summed E-state index contributed by atoms with van der Waals surface area (Å²) in [6, 6.07) is 8.57. The molecule has 1 amide bonds. The number of hydrogen-bond donors (Lipinski definition) is 1. The van der Waals surface area contributed by atoms with Crippen LogP contribution in [0.3, 0.4) is 0 Å². The Morgan fingerprint density at radius 2 is 2.00 bits per heavy atom. The van der Waals surface area contributed by atoms with E-state index >= 15 is 0 Å². The quantitative estimate of drug-likeness (QED) is 0.914. The fourth-order valence-electron chi connectivity index (χ4n) is 3.10. The van der Waals surface area contributed by atoms with E-state index in [-0.39, 0.29) is 24.2 Å². The Kier molecular flexibility index (Phi) is 4.48.